The second kappa shape index (κ2) is 6.19. The summed E-state index contributed by atoms with van der Waals surface area (Å²) < 4.78 is 13.6. The third-order valence-electron chi connectivity index (χ3n) is 3.20. The number of amides is 1. The molecule has 1 aromatic rings. The Morgan fingerprint density at radius 1 is 1.47 bits per heavy atom. The summed E-state index contributed by atoms with van der Waals surface area (Å²) in [6, 6.07) is 2.56. The van der Waals surface area contributed by atoms with Gasteiger partial charge < -0.3 is 11.1 Å². The molecule has 3 N–H and O–H groups in total. The zero-order chi connectivity index (χ0) is 13.8. The van der Waals surface area contributed by atoms with Gasteiger partial charge in [-0.15, -0.1) is 0 Å². The molecule has 0 unspecified atom stereocenters. The number of nitrogens with one attached hydrogen (secondary N) is 1. The van der Waals surface area contributed by atoms with Gasteiger partial charge in [-0.25, -0.2) is 4.39 Å². The van der Waals surface area contributed by atoms with Crippen LogP contribution >= 0.6 is 15.9 Å². The first-order valence-corrected chi connectivity index (χ1v) is 7.08. The SMILES string of the molecule is Nc1cc(C(=O)NCCC2=CCCC2)c(Br)cc1F. The molecule has 102 valence electrons. The smallest absolute Gasteiger partial charge is 0.252 e. The maximum absolute atomic E-state index is 13.2. The quantitative estimate of drug-likeness (QED) is 0.658. The fourth-order valence-corrected chi connectivity index (χ4v) is 2.63. The van der Waals surface area contributed by atoms with Crippen molar-refractivity contribution in [1.82, 2.24) is 5.32 Å². The van der Waals surface area contributed by atoms with Crippen LogP contribution in [-0.2, 0) is 0 Å². The van der Waals surface area contributed by atoms with Crippen molar-refractivity contribution in [1.29, 1.82) is 0 Å². The van der Waals surface area contributed by atoms with Crippen molar-refractivity contribution in [2.45, 2.75) is 25.7 Å². The lowest BCUT2D eigenvalue weighted by molar-refractivity contribution is 0.0953. The van der Waals surface area contributed by atoms with Crippen LogP contribution in [-0.4, -0.2) is 12.5 Å². The molecule has 0 fully saturated rings. The summed E-state index contributed by atoms with van der Waals surface area (Å²) in [5.74, 6) is -0.767. The second-order valence-corrected chi connectivity index (χ2v) is 5.47. The number of anilines is 1. The molecular weight excluding hydrogens is 311 g/mol. The number of rotatable bonds is 4. The van der Waals surface area contributed by atoms with Crippen molar-refractivity contribution in [3.8, 4) is 0 Å². The molecule has 0 radical (unpaired) electrons. The second-order valence-electron chi connectivity index (χ2n) is 4.61. The van der Waals surface area contributed by atoms with Gasteiger partial charge >= 0.3 is 0 Å². The van der Waals surface area contributed by atoms with Crippen LogP contribution < -0.4 is 11.1 Å². The van der Waals surface area contributed by atoms with Gasteiger partial charge in [0.25, 0.3) is 5.91 Å². The fourth-order valence-electron chi connectivity index (χ4n) is 2.14. The molecule has 1 aromatic carbocycles. The lowest BCUT2D eigenvalue weighted by atomic mass is 10.1. The van der Waals surface area contributed by atoms with Gasteiger partial charge in [-0.05, 0) is 53.7 Å². The molecule has 0 aliphatic heterocycles. The third-order valence-corrected chi connectivity index (χ3v) is 3.85. The first-order valence-electron chi connectivity index (χ1n) is 6.28. The number of hydrogen-bond donors (Lipinski definition) is 2. The number of nitrogen functional groups attached to an aromatic ring is 1. The Morgan fingerprint density at radius 2 is 2.26 bits per heavy atom. The molecule has 0 bridgehead atoms. The lowest BCUT2D eigenvalue weighted by Crippen LogP contribution is -2.25. The van der Waals surface area contributed by atoms with Crippen LogP contribution in [0.3, 0.4) is 0 Å². The predicted octanol–water partition coefficient (Wildman–Crippen LogP) is 3.40. The van der Waals surface area contributed by atoms with E-state index in [1.165, 1.54) is 24.1 Å². The predicted molar refractivity (Wildman–Crippen MR) is 77.4 cm³/mol. The van der Waals surface area contributed by atoms with Crippen LogP contribution in [0.25, 0.3) is 0 Å². The normalized spacial score (nSPS) is 14.3. The number of halogens is 2. The molecule has 0 saturated carbocycles. The average Bonchev–Trinajstić information content (AvgIpc) is 2.86. The largest absolute Gasteiger partial charge is 0.396 e. The molecule has 1 amide bonds. The molecule has 19 heavy (non-hydrogen) atoms. The van der Waals surface area contributed by atoms with Crippen LogP contribution in [0.5, 0.6) is 0 Å². The Kier molecular flexibility index (Phi) is 4.58. The minimum absolute atomic E-state index is 0.0214. The summed E-state index contributed by atoms with van der Waals surface area (Å²) in [6.07, 6.45) is 6.59. The van der Waals surface area contributed by atoms with Gasteiger partial charge in [-0.1, -0.05) is 11.6 Å². The maximum Gasteiger partial charge on any atom is 0.252 e. The maximum atomic E-state index is 13.2. The van der Waals surface area contributed by atoms with Crippen molar-refractivity contribution in [3.05, 3.63) is 39.6 Å². The van der Waals surface area contributed by atoms with E-state index in [-0.39, 0.29) is 11.6 Å². The summed E-state index contributed by atoms with van der Waals surface area (Å²) in [4.78, 5) is 12.0. The first kappa shape index (κ1) is 14.1. The summed E-state index contributed by atoms with van der Waals surface area (Å²) >= 11 is 3.17. The highest BCUT2D eigenvalue weighted by Gasteiger charge is 2.13. The van der Waals surface area contributed by atoms with Crippen molar-refractivity contribution >= 4 is 27.5 Å². The molecule has 0 atom stereocenters. The van der Waals surface area contributed by atoms with E-state index >= 15 is 0 Å². The first-order chi connectivity index (χ1) is 9.08. The third kappa shape index (κ3) is 3.56. The van der Waals surface area contributed by atoms with E-state index in [0.717, 1.165) is 19.3 Å². The number of carbonyl (C=O) groups excluding carboxylic acids is 1. The van der Waals surface area contributed by atoms with E-state index in [1.54, 1.807) is 0 Å². The Morgan fingerprint density at radius 3 is 2.95 bits per heavy atom. The van der Waals surface area contributed by atoms with Crippen LogP contribution in [0.2, 0.25) is 0 Å². The lowest BCUT2D eigenvalue weighted by Gasteiger charge is -2.08. The molecule has 1 aliphatic rings. The van der Waals surface area contributed by atoms with Gasteiger partial charge in [0, 0.05) is 11.0 Å². The minimum atomic E-state index is -0.528. The molecule has 0 spiro atoms. The number of benzene rings is 1. The summed E-state index contributed by atoms with van der Waals surface area (Å²) in [5, 5.41) is 2.83. The van der Waals surface area contributed by atoms with Gasteiger partial charge in [0.05, 0.1) is 11.3 Å². The zero-order valence-electron chi connectivity index (χ0n) is 10.5. The van der Waals surface area contributed by atoms with Crippen molar-refractivity contribution in [2.24, 2.45) is 0 Å². The van der Waals surface area contributed by atoms with E-state index in [4.69, 9.17) is 5.73 Å². The highest BCUT2D eigenvalue weighted by atomic mass is 79.9. The summed E-state index contributed by atoms with van der Waals surface area (Å²) in [7, 11) is 0. The van der Waals surface area contributed by atoms with E-state index in [2.05, 4.69) is 27.3 Å². The summed E-state index contributed by atoms with van der Waals surface area (Å²) in [6.45, 7) is 0.592. The number of nitrogens with two attached hydrogens (primary N) is 1. The molecule has 0 saturated heterocycles. The van der Waals surface area contributed by atoms with Crippen LogP contribution in [0.15, 0.2) is 28.3 Å². The van der Waals surface area contributed by atoms with Crippen molar-refractivity contribution < 1.29 is 9.18 Å². The molecule has 0 heterocycles. The summed E-state index contributed by atoms with van der Waals surface area (Å²) in [5.41, 5.74) is 7.21. The van der Waals surface area contributed by atoms with Crippen molar-refractivity contribution in [2.75, 3.05) is 12.3 Å². The Bertz CT molecular complexity index is 528. The fraction of sp³-hybridized carbons (Fsp3) is 0.357. The molecule has 5 heteroatoms. The number of hydrogen-bond acceptors (Lipinski definition) is 2. The van der Waals surface area contributed by atoms with E-state index in [0.29, 0.717) is 16.6 Å². The molecule has 1 aliphatic carbocycles. The monoisotopic (exact) mass is 326 g/mol. The average molecular weight is 327 g/mol. The zero-order valence-corrected chi connectivity index (χ0v) is 12.1. The Balaban J connectivity index is 1.94. The molecule has 3 nitrogen and oxygen atoms in total. The van der Waals surface area contributed by atoms with Gasteiger partial charge in [-0.3, -0.25) is 4.79 Å². The molecular formula is C14H16BrFN2O. The van der Waals surface area contributed by atoms with Gasteiger partial charge in [0.2, 0.25) is 0 Å². The van der Waals surface area contributed by atoms with Gasteiger partial charge in [0.15, 0.2) is 0 Å². The van der Waals surface area contributed by atoms with Crippen LogP contribution in [0, 0.1) is 5.82 Å². The number of allylic oxidation sites excluding steroid dienone is 1. The van der Waals surface area contributed by atoms with Crippen molar-refractivity contribution in [3.63, 3.8) is 0 Å². The van der Waals surface area contributed by atoms with Crippen LogP contribution in [0.4, 0.5) is 10.1 Å². The molecule has 0 aromatic heterocycles. The Labute approximate surface area is 120 Å². The molecule has 2 rings (SSSR count). The minimum Gasteiger partial charge on any atom is -0.396 e. The van der Waals surface area contributed by atoms with Gasteiger partial charge in [-0.2, -0.15) is 0 Å². The topological polar surface area (TPSA) is 55.1 Å². The van der Waals surface area contributed by atoms with E-state index in [1.807, 2.05) is 0 Å². The number of carbonyl (C=O) groups is 1. The van der Waals surface area contributed by atoms with Gasteiger partial charge in [0.1, 0.15) is 5.82 Å². The van der Waals surface area contributed by atoms with Crippen LogP contribution in [0.1, 0.15) is 36.0 Å². The highest BCUT2D eigenvalue weighted by molar-refractivity contribution is 9.10. The highest BCUT2D eigenvalue weighted by Crippen LogP contribution is 2.23. The van der Waals surface area contributed by atoms with E-state index < -0.39 is 5.82 Å². The van der Waals surface area contributed by atoms with E-state index in [9.17, 15) is 9.18 Å². The standard InChI is InChI=1S/C14H16BrFN2O/c15-11-8-12(16)13(17)7-10(11)14(19)18-6-5-9-3-1-2-4-9/h3,7-8H,1-2,4-6,17H2,(H,18,19). The Hall–Kier alpha value is -1.36.